The van der Waals surface area contributed by atoms with Crippen molar-refractivity contribution in [2.24, 2.45) is 0 Å². The van der Waals surface area contributed by atoms with Gasteiger partial charge in [0.1, 0.15) is 11.6 Å². The molecule has 2 amide bonds. The second-order valence-corrected chi connectivity index (χ2v) is 4.14. The fourth-order valence-electron chi connectivity index (χ4n) is 1.54. The molecule has 1 aromatic carbocycles. The highest BCUT2D eigenvalue weighted by molar-refractivity contribution is 6.43. The number of carbonyl (C=O) groups excluding carboxylic acids is 2. The zero-order chi connectivity index (χ0) is 14.5. The number of carbonyl (C=O) groups is 2. The van der Waals surface area contributed by atoms with Gasteiger partial charge in [-0.25, -0.2) is 4.98 Å². The van der Waals surface area contributed by atoms with E-state index < -0.39 is 11.8 Å². The number of benzene rings is 1. The van der Waals surface area contributed by atoms with Crippen molar-refractivity contribution in [1.29, 1.82) is 0 Å². The zero-order valence-electron chi connectivity index (χ0n) is 10.8. The molecule has 0 saturated heterocycles. The molecule has 102 valence electrons. The number of aryl methyl sites for hydroxylation is 1. The van der Waals surface area contributed by atoms with Crippen molar-refractivity contribution in [2.75, 3.05) is 10.6 Å². The van der Waals surface area contributed by atoms with E-state index in [1.165, 1.54) is 12.3 Å². The smallest absolute Gasteiger partial charge is 0.315 e. The monoisotopic (exact) mass is 271 g/mol. The topological polar surface area (TPSA) is 91.3 Å². The number of nitrogens with one attached hydrogen (secondary N) is 2. The number of rotatable bonds is 2. The van der Waals surface area contributed by atoms with Gasteiger partial charge in [0.25, 0.3) is 0 Å². The summed E-state index contributed by atoms with van der Waals surface area (Å²) in [7, 11) is 0. The van der Waals surface area contributed by atoms with Crippen LogP contribution in [0.2, 0.25) is 0 Å². The summed E-state index contributed by atoms with van der Waals surface area (Å²) in [5.41, 5.74) is 1.04. The van der Waals surface area contributed by atoms with Crippen molar-refractivity contribution in [3.05, 3.63) is 48.2 Å². The normalized spacial score (nSPS) is 9.85. The number of hydrogen-bond acceptors (Lipinski definition) is 4. The summed E-state index contributed by atoms with van der Waals surface area (Å²) < 4.78 is 0. The Morgan fingerprint density at radius 2 is 1.85 bits per heavy atom. The van der Waals surface area contributed by atoms with Gasteiger partial charge < -0.3 is 15.7 Å². The zero-order valence-corrected chi connectivity index (χ0v) is 10.8. The quantitative estimate of drug-likeness (QED) is 0.572. The van der Waals surface area contributed by atoms with Crippen LogP contribution in [0, 0.1) is 6.92 Å². The average molecular weight is 271 g/mol. The number of hydrogen-bond donors (Lipinski definition) is 3. The van der Waals surface area contributed by atoms with Crippen LogP contribution < -0.4 is 10.6 Å². The van der Waals surface area contributed by atoms with Gasteiger partial charge in [-0.15, -0.1) is 0 Å². The number of phenols is 1. The molecule has 20 heavy (non-hydrogen) atoms. The maximum atomic E-state index is 11.7. The van der Waals surface area contributed by atoms with E-state index in [1.54, 1.807) is 30.3 Å². The second kappa shape index (κ2) is 5.83. The molecule has 6 nitrogen and oxygen atoms in total. The van der Waals surface area contributed by atoms with E-state index in [4.69, 9.17) is 0 Å². The highest BCUT2D eigenvalue weighted by atomic mass is 16.3. The number of aromatic nitrogens is 1. The van der Waals surface area contributed by atoms with Crippen LogP contribution in [-0.2, 0) is 9.59 Å². The van der Waals surface area contributed by atoms with E-state index >= 15 is 0 Å². The van der Waals surface area contributed by atoms with Gasteiger partial charge >= 0.3 is 11.8 Å². The predicted molar refractivity (Wildman–Crippen MR) is 74.3 cm³/mol. The van der Waals surface area contributed by atoms with E-state index in [-0.39, 0.29) is 17.3 Å². The van der Waals surface area contributed by atoms with E-state index in [0.29, 0.717) is 0 Å². The molecule has 0 radical (unpaired) electrons. The summed E-state index contributed by atoms with van der Waals surface area (Å²) in [4.78, 5) is 27.3. The molecule has 0 saturated carbocycles. The molecule has 0 spiro atoms. The Labute approximate surface area is 115 Å². The fourth-order valence-corrected chi connectivity index (χ4v) is 1.54. The van der Waals surface area contributed by atoms with Crippen LogP contribution in [0.25, 0.3) is 0 Å². The average Bonchev–Trinajstić information content (AvgIpc) is 2.44. The molecule has 0 bridgehead atoms. The third-order valence-electron chi connectivity index (χ3n) is 2.51. The van der Waals surface area contributed by atoms with Crippen LogP contribution in [0.3, 0.4) is 0 Å². The maximum Gasteiger partial charge on any atom is 0.315 e. The van der Waals surface area contributed by atoms with Crippen LogP contribution in [-0.4, -0.2) is 21.9 Å². The molecule has 3 N–H and O–H groups in total. The Morgan fingerprint density at radius 1 is 1.10 bits per heavy atom. The van der Waals surface area contributed by atoms with E-state index in [9.17, 15) is 14.7 Å². The summed E-state index contributed by atoms with van der Waals surface area (Å²) in [5, 5.41) is 14.3. The number of pyridine rings is 1. The van der Waals surface area contributed by atoms with E-state index in [1.807, 2.05) is 6.92 Å². The number of phenolic OH excluding ortho intramolecular Hbond substituents is 1. The van der Waals surface area contributed by atoms with Crippen LogP contribution in [0.5, 0.6) is 5.75 Å². The molecule has 0 unspecified atom stereocenters. The number of amides is 2. The van der Waals surface area contributed by atoms with Crippen LogP contribution in [0.4, 0.5) is 11.5 Å². The Bertz CT molecular complexity index is 641. The molecule has 0 aliphatic rings. The van der Waals surface area contributed by atoms with Gasteiger partial charge in [0.2, 0.25) is 0 Å². The van der Waals surface area contributed by atoms with Gasteiger partial charge in [-0.3, -0.25) is 9.59 Å². The highest BCUT2D eigenvalue weighted by Crippen LogP contribution is 2.23. The van der Waals surface area contributed by atoms with Crippen molar-refractivity contribution >= 4 is 23.3 Å². The molecule has 0 atom stereocenters. The van der Waals surface area contributed by atoms with Crippen molar-refractivity contribution in [3.63, 3.8) is 0 Å². The summed E-state index contributed by atoms with van der Waals surface area (Å²) in [5.74, 6) is -1.56. The Morgan fingerprint density at radius 3 is 2.55 bits per heavy atom. The summed E-state index contributed by atoms with van der Waals surface area (Å²) in [6.07, 6.45) is 1.50. The van der Waals surface area contributed by atoms with Crippen molar-refractivity contribution in [3.8, 4) is 5.75 Å². The van der Waals surface area contributed by atoms with E-state index in [0.717, 1.165) is 5.56 Å². The SMILES string of the molecule is Cc1ccc(O)c(NC(=O)C(=O)Nc2ccccn2)c1. The highest BCUT2D eigenvalue weighted by Gasteiger charge is 2.16. The van der Waals surface area contributed by atoms with Gasteiger partial charge in [-0.2, -0.15) is 0 Å². The molecule has 0 aliphatic heterocycles. The minimum atomic E-state index is -0.878. The minimum absolute atomic E-state index is 0.102. The molecule has 1 aromatic heterocycles. The number of anilines is 2. The molecule has 0 aliphatic carbocycles. The summed E-state index contributed by atoms with van der Waals surface area (Å²) in [6, 6.07) is 9.66. The molecule has 0 fully saturated rings. The summed E-state index contributed by atoms with van der Waals surface area (Å²) >= 11 is 0. The number of nitrogens with zero attached hydrogens (tertiary/aromatic N) is 1. The van der Waals surface area contributed by atoms with Crippen molar-refractivity contribution < 1.29 is 14.7 Å². The van der Waals surface area contributed by atoms with Gasteiger partial charge in [-0.05, 0) is 36.8 Å². The molecule has 2 aromatic rings. The second-order valence-electron chi connectivity index (χ2n) is 4.14. The standard InChI is InChI=1S/C14H13N3O3/c1-9-5-6-11(18)10(8-9)16-13(19)14(20)17-12-4-2-3-7-15-12/h2-8,18H,1H3,(H,16,19)(H,15,17,20). The Balaban J connectivity index is 2.04. The molecular weight excluding hydrogens is 258 g/mol. The van der Waals surface area contributed by atoms with Gasteiger partial charge in [0.15, 0.2) is 0 Å². The number of aromatic hydroxyl groups is 1. The van der Waals surface area contributed by atoms with E-state index in [2.05, 4.69) is 15.6 Å². The van der Waals surface area contributed by atoms with Crippen molar-refractivity contribution in [2.45, 2.75) is 6.92 Å². The lowest BCUT2D eigenvalue weighted by Crippen LogP contribution is -2.29. The molecule has 6 heteroatoms. The first-order chi connectivity index (χ1) is 9.56. The molecular formula is C14H13N3O3. The minimum Gasteiger partial charge on any atom is -0.506 e. The maximum absolute atomic E-state index is 11.7. The van der Waals surface area contributed by atoms with Gasteiger partial charge in [0, 0.05) is 6.20 Å². The van der Waals surface area contributed by atoms with Crippen LogP contribution in [0.15, 0.2) is 42.6 Å². The largest absolute Gasteiger partial charge is 0.506 e. The lowest BCUT2D eigenvalue weighted by molar-refractivity contribution is -0.133. The first-order valence-electron chi connectivity index (χ1n) is 5.89. The van der Waals surface area contributed by atoms with Crippen LogP contribution in [0.1, 0.15) is 5.56 Å². The Hall–Kier alpha value is -2.89. The first-order valence-corrected chi connectivity index (χ1v) is 5.89. The molecule has 2 rings (SSSR count). The predicted octanol–water partition coefficient (Wildman–Crippen LogP) is 1.67. The molecule has 1 heterocycles. The third-order valence-corrected chi connectivity index (χ3v) is 2.51. The lowest BCUT2D eigenvalue weighted by Gasteiger charge is -2.08. The van der Waals surface area contributed by atoms with Gasteiger partial charge in [0.05, 0.1) is 5.69 Å². The first kappa shape index (κ1) is 13.5. The van der Waals surface area contributed by atoms with Crippen LogP contribution >= 0.6 is 0 Å². The summed E-state index contributed by atoms with van der Waals surface area (Å²) in [6.45, 7) is 1.81. The fraction of sp³-hybridized carbons (Fsp3) is 0.0714. The van der Waals surface area contributed by atoms with Crippen molar-refractivity contribution in [1.82, 2.24) is 4.98 Å². The van der Waals surface area contributed by atoms with Gasteiger partial charge in [-0.1, -0.05) is 12.1 Å². The lowest BCUT2D eigenvalue weighted by atomic mass is 10.2. The third kappa shape index (κ3) is 3.32. The Kier molecular flexibility index (Phi) is 3.95.